The Bertz CT molecular complexity index is 1460. The number of aromatic hydroxyl groups is 1. The maximum absolute atomic E-state index is 12.2. The van der Waals surface area contributed by atoms with E-state index in [9.17, 15) is 23.4 Å². The van der Waals surface area contributed by atoms with Crippen LogP contribution in [-0.2, 0) is 21.2 Å². The lowest BCUT2D eigenvalue weighted by Crippen LogP contribution is -2.10. The van der Waals surface area contributed by atoms with Gasteiger partial charge in [0.05, 0.1) is 15.4 Å². The average molecular weight is 446 g/mol. The molecule has 0 spiro atoms. The van der Waals surface area contributed by atoms with E-state index in [0.29, 0.717) is 38.6 Å². The van der Waals surface area contributed by atoms with Crippen molar-refractivity contribution in [2.75, 3.05) is 6.26 Å². The van der Waals surface area contributed by atoms with Gasteiger partial charge in [0, 0.05) is 33.7 Å². The van der Waals surface area contributed by atoms with Gasteiger partial charge in [0.25, 0.3) is 0 Å². The zero-order chi connectivity index (χ0) is 21.8. The van der Waals surface area contributed by atoms with E-state index in [1.165, 1.54) is 16.7 Å². The molecular weight excluding hydrogens is 430 g/mol. The maximum Gasteiger partial charge on any atom is 0.323 e. The molecule has 8 nitrogen and oxygen atoms in total. The summed E-state index contributed by atoms with van der Waals surface area (Å²) in [5, 5.41) is 29.1. The van der Waals surface area contributed by atoms with Gasteiger partial charge in [-0.1, -0.05) is 29.8 Å². The van der Waals surface area contributed by atoms with Crippen LogP contribution in [0.15, 0.2) is 41.3 Å². The van der Waals surface area contributed by atoms with Crippen LogP contribution >= 0.6 is 11.6 Å². The standard InChI is InChI=1S/C20H16ClN3O5S/c1-10-17(18-12-5-3-4-6-13(12)20(27)23-22-18)14-7-11(30(2,28)29)8-15(21)19(14)24(10)9-16(25)26/h3-8H,9H2,1-2H3,(H,23,27)(H,25,26). The Morgan fingerprint density at radius 1 is 1.13 bits per heavy atom. The molecule has 2 aromatic carbocycles. The second-order valence-corrected chi connectivity index (χ2v) is 9.35. The second kappa shape index (κ2) is 6.96. The summed E-state index contributed by atoms with van der Waals surface area (Å²) in [5.41, 5.74) is 1.81. The molecule has 10 heteroatoms. The molecule has 0 saturated heterocycles. The first kappa shape index (κ1) is 20.1. The van der Waals surface area contributed by atoms with Crippen molar-refractivity contribution in [3.8, 4) is 17.1 Å². The zero-order valence-electron chi connectivity index (χ0n) is 15.9. The Labute approximate surface area is 176 Å². The summed E-state index contributed by atoms with van der Waals surface area (Å²) in [7, 11) is -3.58. The smallest absolute Gasteiger partial charge is 0.323 e. The van der Waals surface area contributed by atoms with Crippen LogP contribution < -0.4 is 0 Å². The van der Waals surface area contributed by atoms with Crippen LogP contribution in [0.3, 0.4) is 0 Å². The highest BCUT2D eigenvalue weighted by Gasteiger charge is 2.24. The number of carboxylic acids is 1. The number of hydrogen-bond acceptors (Lipinski definition) is 6. The molecule has 0 unspecified atom stereocenters. The molecule has 0 aliphatic heterocycles. The third-order valence-electron chi connectivity index (χ3n) is 4.97. The van der Waals surface area contributed by atoms with Crippen LogP contribution in [0.1, 0.15) is 5.69 Å². The molecule has 0 bridgehead atoms. The summed E-state index contributed by atoms with van der Waals surface area (Å²) in [4.78, 5) is 11.5. The highest BCUT2D eigenvalue weighted by Crippen LogP contribution is 2.41. The second-order valence-electron chi connectivity index (χ2n) is 6.93. The Morgan fingerprint density at radius 2 is 1.80 bits per heavy atom. The first-order chi connectivity index (χ1) is 14.1. The molecule has 0 radical (unpaired) electrons. The number of aromatic nitrogens is 3. The van der Waals surface area contributed by atoms with Crippen molar-refractivity contribution in [3.63, 3.8) is 0 Å². The van der Waals surface area contributed by atoms with Gasteiger partial charge in [-0.05, 0) is 25.1 Å². The van der Waals surface area contributed by atoms with E-state index in [1.54, 1.807) is 31.2 Å². The van der Waals surface area contributed by atoms with Gasteiger partial charge in [-0.15, -0.1) is 10.2 Å². The molecule has 0 aliphatic rings. The van der Waals surface area contributed by atoms with Crippen molar-refractivity contribution in [2.45, 2.75) is 18.4 Å². The number of carboxylic acid groups (broad SMARTS) is 1. The number of hydrogen-bond donors (Lipinski definition) is 2. The first-order valence-corrected chi connectivity index (χ1v) is 11.1. The van der Waals surface area contributed by atoms with Crippen LogP contribution in [-0.4, -0.2) is 45.6 Å². The van der Waals surface area contributed by atoms with Crippen LogP contribution in [0.4, 0.5) is 0 Å². The van der Waals surface area contributed by atoms with E-state index in [-0.39, 0.29) is 22.3 Å². The number of aliphatic carboxylic acids is 1. The monoisotopic (exact) mass is 445 g/mol. The van der Waals surface area contributed by atoms with Gasteiger partial charge in [0.1, 0.15) is 12.2 Å². The Balaban J connectivity index is 2.20. The maximum atomic E-state index is 12.2. The van der Waals surface area contributed by atoms with Crippen LogP contribution in [0.2, 0.25) is 5.02 Å². The summed E-state index contributed by atoms with van der Waals surface area (Å²) in [5.74, 6) is -1.32. The third-order valence-corrected chi connectivity index (χ3v) is 6.35. The summed E-state index contributed by atoms with van der Waals surface area (Å²) < 4.78 is 25.9. The minimum Gasteiger partial charge on any atom is -0.492 e. The summed E-state index contributed by atoms with van der Waals surface area (Å²) in [6.45, 7) is 1.34. The van der Waals surface area contributed by atoms with Crippen LogP contribution in [0.25, 0.3) is 32.9 Å². The molecule has 0 atom stereocenters. The van der Waals surface area contributed by atoms with Crippen molar-refractivity contribution >= 4 is 49.1 Å². The summed E-state index contributed by atoms with van der Waals surface area (Å²) in [6.07, 6.45) is 1.07. The molecular formula is C20H16ClN3O5S. The van der Waals surface area contributed by atoms with E-state index in [2.05, 4.69) is 10.2 Å². The first-order valence-electron chi connectivity index (χ1n) is 8.78. The van der Waals surface area contributed by atoms with E-state index >= 15 is 0 Å². The summed E-state index contributed by atoms with van der Waals surface area (Å²) in [6, 6.07) is 9.71. The highest BCUT2D eigenvalue weighted by atomic mass is 35.5. The van der Waals surface area contributed by atoms with Crippen molar-refractivity contribution in [1.82, 2.24) is 14.8 Å². The molecule has 0 fully saturated rings. The summed E-state index contributed by atoms with van der Waals surface area (Å²) >= 11 is 6.42. The highest BCUT2D eigenvalue weighted by molar-refractivity contribution is 7.90. The number of sulfone groups is 1. The van der Waals surface area contributed by atoms with E-state index in [0.717, 1.165) is 6.26 Å². The lowest BCUT2D eigenvalue weighted by atomic mass is 10.0. The topological polar surface area (TPSA) is 122 Å². The van der Waals surface area contributed by atoms with E-state index in [1.807, 2.05) is 0 Å². The Morgan fingerprint density at radius 3 is 2.43 bits per heavy atom. The number of carbonyl (C=O) groups is 1. The lowest BCUT2D eigenvalue weighted by Gasteiger charge is -2.08. The van der Waals surface area contributed by atoms with Gasteiger partial charge in [-0.2, -0.15) is 0 Å². The fourth-order valence-corrected chi connectivity index (χ4v) is 4.71. The van der Waals surface area contributed by atoms with Crippen LogP contribution in [0, 0.1) is 6.92 Å². The van der Waals surface area contributed by atoms with E-state index < -0.39 is 15.8 Å². The molecule has 0 amide bonds. The fraction of sp³-hybridized carbons (Fsp3) is 0.150. The fourth-order valence-electron chi connectivity index (χ4n) is 3.66. The average Bonchev–Trinajstić information content (AvgIpc) is 2.93. The van der Waals surface area contributed by atoms with Gasteiger partial charge < -0.3 is 14.8 Å². The molecule has 4 rings (SSSR count). The van der Waals surface area contributed by atoms with E-state index in [4.69, 9.17) is 11.6 Å². The van der Waals surface area contributed by atoms with Gasteiger partial charge in [-0.25, -0.2) is 8.42 Å². The van der Waals surface area contributed by atoms with Gasteiger partial charge in [0.2, 0.25) is 5.88 Å². The largest absolute Gasteiger partial charge is 0.492 e. The minimum atomic E-state index is -3.58. The predicted molar refractivity (Wildman–Crippen MR) is 113 cm³/mol. The van der Waals surface area contributed by atoms with Gasteiger partial charge in [0.15, 0.2) is 9.84 Å². The van der Waals surface area contributed by atoms with Crippen molar-refractivity contribution < 1.29 is 23.4 Å². The number of rotatable bonds is 4. The molecule has 2 N–H and O–H groups in total. The van der Waals surface area contributed by atoms with Gasteiger partial charge >= 0.3 is 5.97 Å². The predicted octanol–water partition coefficient (Wildman–Crippen LogP) is 3.41. The number of nitrogens with zero attached hydrogens (tertiary/aromatic N) is 3. The number of benzene rings is 2. The van der Waals surface area contributed by atoms with Gasteiger partial charge in [-0.3, -0.25) is 4.79 Å². The zero-order valence-corrected chi connectivity index (χ0v) is 17.5. The SMILES string of the molecule is Cc1c(-c2nnc(O)c3ccccc23)c2cc(S(C)(=O)=O)cc(Cl)c2n1CC(=O)O. The molecule has 4 aromatic rings. The van der Waals surface area contributed by atoms with Crippen molar-refractivity contribution in [3.05, 3.63) is 47.1 Å². The lowest BCUT2D eigenvalue weighted by molar-refractivity contribution is -0.137. The molecule has 2 heterocycles. The number of fused-ring (bicyclic) bond motifs is 2. The quantitative estimate of drug-likeness (QED) is 0.493. The normalized spacial score (nSPS) is 12.0. The third kappa shape index (κ3) is 3.16. The van der Waals surface area contributed by atoms with Crippen molar-refractivity contribution in [2.24, 2.45) is 0 Å². The number of halogens is 1. The van der Waals surface area contributed by atoms with Crippen molar-refractivity contribution in [1.29, 1.82) is 0 Å². The Hall–Kier alpha value is -3.17. The Kier molecular flexibility index (Phi) is 4.67. The molecule has 30 heavy (non-hydrogen) atoms. The molecule has 0 aliphatic carbocycles. The minimum absolute atomic E-state index is 0.00441. The molecule has 2 aromatic heterocycles. The molecule has 154 valence electrons. The molecule has 0 saturated carbocycles. The van der Waals surface area contributed by atoms with Crippen LogP contribution in [0.5, 0.6) is 5.88 Å².